The van der Waals surface area contributed by atoms with Gasteiger partial charge in [-0.15, -0.1) is 0 Å². The van der Waals surface area contributed by atoms with Crippen molar-refractivity contribution >= 4 is 0 Å². The molecule has 2 aliphatic carbocycles. The second kappa shape index (κ2) is 11.3. The number of hydrogen-bond donors (Lipinski definition) is 2. The largest absolute Gasteiger partial charge is 0.312 e. The molecule has 0 amide bonds. The predicted molar refractivity (Wildman–Crippen MR) is 125 cm³/mol. The van der Waals surface area contributed by atoms with Crippen molar-refractivity contribution in [1.82, 2.24) is 10.6 Å². The standard InChI is InChI=1S/C26H52N2/c1-17(2)21-11-9-12-22(18(3)4)25(21)27-15-16-28-26-23(19(5)6)13-10-14-24(26)20(7)8/h17-28H,9-16H2,1-8H3. The third-order valence-corrected chi connectivity index (χ3v) is 8.31. The highest BCUT2D eigenvalue weighted by molar-refractivity contribution is 4.92. The van der Waals surface area contributed by atoms with Crippen molar-refractivity contribution in [3.63, 3.8) is 0 Å². The molecule has 4 atom stereocenters. The Morgan fingerprint density at radius 2 is 0.750 bits per heavy atom. The van der Waals surface area contributed by atoms with Crippen LogP contribution in [-0.4, -0.2) is 25.2 Å². The van der Waals surface area contributed by atoms with Crippen LogP contribution in [-0.2, 0) is 0 Å². The number of hydrogen-bond acceptors (Lipinski definition) is 2. The van der Waals surface area contributed by atoms with Crippen LogP contribution >= 0.6 is 0 Å². The van der Waals surface area contributed by atoms with Crippen LogP contribution in [0.1, 0.15) is 93.9 Å². The van der Waals surface area contributed by atoms with Crippen LogP contribution in [0.2, 0.25) is 0 Å². The monoisotopic (exact) mass is 392 g/mol. The van der Waals surface area contributed by atoms with Crippen molar-refractivity contribution < 1.29 is 0 Å². The number of nitrogens with one attached hydrogen (secondary N) is 2. The van der Waals surface area contributed by atoms with E-state index in [1.54, 1.807) is 0 Å². The molecule has 2 nitrogen and oxygen atoms in total. The highest BCUT2D eigenvalue weighted by atomic mass is 15.0. The van der Waals surface area contributed by atoms with Gasteiger partial charge >= 0.3 is 0 Å². The molecule has 0 aliphatic heterocycles. The second-order valence-corrected chi connectivity index (χ2v) is 11.5. The Morgan fingerprint density at radius 1 is 0.500 bits per heavy atom. The predicted octanol–water partition coefficient (Wildman–Crippen LogP) is 6.36. The van der Waals surface area contributed by atoms with Crippen LogP contribution in [0.25, 0.3) is 0 Å². The fraction of sp³-hybridized carbons (Fsp3) is 1.00. The Kier molecular flexibility index (Phi) is 9.81. The Labute approximate surface area is 177 Å². The van der Waals surface area contributed by atoms with Crippen LogP contribution in [0.5, 0.6) is 0 Å². The highest BCUT2D eigenvalue weighted by Gasteiger charge is 2.37. The summed E-state index contributed by atoms with van der Waals surface area (Å²) in [5.74, 6) is 6.57. The van der Waals surface area contributed by atoms with Gasteiger partial charge < -0.3 is 10.6 Å². The van der Waals surface area contributed by atoms with Crippen LogP contribution < -0.4 is 10.6 Å². The molecule has 0 spiro atoms. The third kappa shape index (κ3) is 6.21. The van der Waals surface area contributed by atoms with E-state index in [1.807, 2.05) is 0 Å². The van der Waals surface area contributed by atoms with Crippen LogP contribution in [0.15, 0.2) is 0 Å². The van der Waals surface area contributed by atoms with Gasteiger partial charge in [-0.2, -0.15) is 0 Å². The molecule has 2 aliphatic rings. The van der Waals surface area contributed by atoms with Gasteiger partial charge in [-0.1, -0.05) is 68.2 Å². The summed E-state index contributed by atoms with van der Waals surface area (Å²) in [6.45, 7) is 21.7. The molecule has 166 valence electrons. The molecule has 0 saturated heterocycles. The molecule has 28 heavy (non-hydrogen) atoms. The SMILES string of the molecule is CC(C)C1CCCC(C(C)C)C1NCCNC1C(C(C)C)CCCC1C(C)C. The van der Waals surface area contributed by atoms with Gasteiger partial charge in [-0.25, -0.2) is 0 Å². The summed E-state index contributed by atoms with van der Waals surface area (Å²) in [5.41, 5.74) is 0. The van der Waals surface area contributed by atoms with Gasteiger partial charge in [0.15, 0.2) is 0 Å². The third-order valence-electron chi connectivity index (χ3n) is 8.31. The van der Waals surface area contributed by atoms with E-state index in [2.05, 4.69) is 66.0 Å². The molecule has 0 aromatic rings. The molecule has 2 heteroatoms. The minimum atomic E-state index is 0.712. The van der Waals surface area contributed by atoms with Gasteiger partial charge in [-0.05, 0) is 73.0 Å². The summed E-state index contributed by atoms with van der Waals surface area (Å²) < 4.78 is 0. The molecule has 0 bridgehead atoms. The van der Waals surface area contributed by atoms with Crippen LogP contribution in [0.3, 0.4) is 0 Å². The Morgan fingerprint density at radius 3 is 0.964 bits per heavy atom. The summed E-state index contributed by atoms with van der Waals surface area (Å²) in [7, 11) is 0. The van der Waals surface area contributed by atoms with Crippen molar-refractivity contribution in [2.75, 3.05) is 13.1 Å². The molecule has 0 aromatic carbocycles. The molecule has 0 aromatic heterocycles. The van der Waals surface area contributed by atoms with E-state index in [1.165, 1.54) is 38.5 Å². The average Bonchev–Trinajstić information content (AvgIpc) is 2.64. The molecular formula is C26H52N2. The van der Waals surface area contributed by atoms with E-state index in [0.717, 1.165) is 60.4 Å². The topological polar surface area (TPSA) is 24.1 Å². The van der Waals surface area contributed by atoms with Crippen molar-refractivity contribution in [2.24, 2.45) is 47.3 Å². The summed E-state index contributed by atoms with van der Waals surface area (Å²) >= 11 is 0. The van der Waals surface area contributed by atoms with Gasteiger partial charge in [0.1, 0.15) is 0 Å². The summed E-state index contributed by atoms with van der Waals surface area (Å²) in [6.07, 6.45) is 8.52. The molecule has 4 unspecified atom stereocenters. The molecule has 0 radical (unpaired) electrons. The van der Waals surface area contributed by atoms with Crippen molar-refractivity contribution in [1.29, 1.82) is 0 Å². The first-order valence-electron chi connectivity index (χ1n) is 12.7. The van der Waals surface area contributed by atoms with Gasteiger partial charge in [0.05, 0.1) is 0 Å². The maximum atomic E-state index is 4.05. The van der Waals surface area contributed by atoms with Gasteiger partial charge in [0.2, 0.25) is 0 Å². The average molecular weight is 393 g/mol. The lowest BCUT2D eigenvalue weighted by molar-refractivity contribution is 0.103. The Hall–Kier alpha value is -0.0800. The van der Waals surface area contributed by atoms with E-state index in [0.29, 0.717) is 12.1 Å². The van der Waals surface area contributed by atoms with E-state index in [-0.39, 0.29) is 0 Å². The molecular weight excluding hydrogens is 340 g/mol. The van der Waals surface area contributed by atoms with Crippen molar-refractivity contribution in [3.05, 3.63) is 0 Å². The van der Waals surface area contributed by atoms with Crippen LogP contribution in [0.4, 0.5) is 0 Å². The fourth-order valence-corrected chi connectivity index (χ4v) is 6.61. The summed E-state index contributed by atoms with van der Waals surface area (Å²) in [5, 5.41) is 8.10. The fourth-order valence-electron chi connectivity index (χ4n) is 6.61. The lowest BCUT2D eigenvalue weighted by Crippen LogP contribution is -2.53. The van der Waals surface area contributed by atoms with Gasteiger partial charge in [0, 0.05) is 25.2 Å². The lowest BCUT2D eigenvalue weighted by Gasteiger charge is -2.44. The van der Waals surface area contributed by atoms with Gasteiger partial charge in [0.25, 0.3) is 0 Å². The quantitative estimate of drug-likeness (QED) is 0.446. The van der Waals surface area contributed by atoms with E-state index in [4.69, 9.17) is 0 Å². The lowest BCUT2D eigenvalue weighted by atomic mass is 9.68. The minimum absolute atomic E-state index is 0.712. The first-order valence-corrected chi connectivity index (χ1v) is 12.7. The maximum Gasteiger partial charge on any atom is 0.0129 e. The normalized spacial score (nSPS) is 34.7. The van der Waals surface area contributed by atoms with Crippen molar-refractivity contribution in [3.8, 4) is 0 Å². The highest BCUT2D eigenvalue weighted by Crippen LogP contribution is 2.39. The zero-order chi connectivity index (χ0) is 20.8. The second-order valence-electron chi connectivity index (χ2n) is 11.5. The van der Waals surface area contributed by atoms with Crippen molar-refractivity contribution in [2.45, 2.75) is 106 Å². The molecule has 2 rings (SSSR count). The van der Waals surface area contributed by atoms with E-state index >= 15 is 0 Å². The molecule has 2 saturated carbocycles. The van der Waals surface area contributed by atoms with Crippen LogP contribution in [0, 0.1) is 47.3 Å². The smallest absolute Gasteiger partial charge is 0.0129 e. The van der Waals surface area contributed by atoms with Gasteiger partial charge in [-0.3, -0.25) is 0 Å². The zero-order valence-corrected chi connectivity index (χ0v) is 20.4. The first-order chi connectivity index (χ1) is 13.2. The Balaban J connectivity index is 1.93. The summed E-state index contributed by atoms with van der Waals surface area (Å²) in [6, 6.07) is 1.42. The molecule has 2 N–H and O–H groups in total. The van der Waals surface area contributed by atoms with E-state index < -0.39 is 0 Å². The summed E-state index contributed by atoms with van der Waals surface area (Å²) in [4.78, 5) is 0. The maximum absolute atomic E-state index is 4.05. The van der Waals surface area contributed by atoms with E-state index in [9.17, 15) is 0 Å². The molecule has 0 heterocycles. The molecule has 2 fully saturated rings. The number of rotatable bonds is 9. The minimum Gasteiger partial charge on any atom is -0.312 e. The first kappa shape index (κ1) is 24.2. The zero-order valence-electron chi connectivity index (χ0n) is 20.4. The Bertz CT molecular complexity index is 356.